The standard InChI is InChI=1S/C26H20N6O3S/c1-2-35-26(34)22-20-14-36-24-17(5-6-19(31-24)15-7-10-29-11-8-15)25(33)32(20)23(28)18(12-27)21(22)16-4-3-9-30-13-16/h3-11,13,21H,2,14,28H2,1H3. The number of amides is 1. The highest BCUT2D eigenvalue weighted by Gasteiger charge is 2.43. The molecule has 0 aliphatic carbocycles. The van der Waals surface area contributed by atoms with Crippen LogP contribution in [0.3, 0.4) is 0 Å². The van der Waals surface area contributed by atoms with E-state index in [-0.39, 0.29) is 29.3 Å². The van der Waals surface area contributed by atoms with Crippen molar-refractivity contribution in [2.24, 2.45) is 5.73 Å². The predicted molar refractivity (Wildman–Crippen MR) is 132 cm³/mol. The fraction of sp³-hybridized carbons (Fsp3) is 0.154. The fourth-order valence-electron chi connectivity index (χ4n) is 4.32. The largest absolute Gasteiger partial charge is 0.463 e. The Labute approximate surface area is 211 Å². The first-order valence-corrected chi connectivity index (χ1v) is 12.1. The molecule has 2 aliphatic rings. The lowest BCUT2D eigenvalue weighted by Crippen LogP contribution is -2.41. The zero-order chi connectivity index (χ0) is 25.2. The molecule has 0 saturated carbocycles. The van der Waals surface area contributed by atoms with Gasteiger partial charge in [0.25, 0.3) is 5.91 Å². The number of carbonyl (C=O) groups excluding carboxylic acids is 2. The Hall–Kier alpha value is -4.49. The summed E-state index contributed by atoms with van der Waals surface area (Å²) < 4.78 is 5.38. The Morgan fingerprint density at radius 1 is 1.22 bits per heavy atom. The van der Waals surface area contributed by atoms with Gasteiger partial charge in [0, 0.05) is 41.8 Å². The van der Waals surface area contributed by atoms with Gasteiger partial charge in [0.1, 0.15) is 10.8 Å². The van der Waals surface area contributed by atoms with Crippen LogP contribution in [-0.2, 0) is 9.53 Å². The number of pyridine rings is 3. The molecule has 0 spiro atoms. The summed E-state index contributed by atoms with van der Waals surface area (Å²) in [5.74, 6) is -1.70. The molecule has 3 aromatic rings. The molecule has 1 unspecified atom stereocenters. The van der Waals surface area contributed by atoms with E-state index in [1.54, 1.807) is 56.0 Å². The van der Waals surface area contributed by atoms with Gasteiger partial charge < -0.3 is 10.5 Å². The molecule has 9 nitrogen and oxygen atoms in total. The number of esters is 1. The zero-order valence-corrected chi connectivity index (χ0v) is 20.0. The number of nitrogens with zero attached hydrogens (tertiary/aromatic N) is 5. The zero-order valence-electron chi connectivity index (χ0n) is 19.2. The smallest absolute Gasteiger partial charge is 0.336 e. The van der Waals surface area contributed by atoms with Crippen molar-refractivity contribution in [2.45, 2.75) is 17.9 Å². The van der Waals surface area contributed by atoms with E-state index in [1.807, 2.05) is 12.1 Å². The van der Waals surface area contributed by atoms with Crippen molar-refractivity contribution in [3.05, 3.63) is 95.0 Å². The summed E-state index contributed by atoms with van der Waals surface area (Å²) in [4.78, 5) is 41.3. The van der Waals surface area contributed by atoms with Crippen LogP contribution < -0.4 is 5.73 Å². The van der Waals surface area contributed by atoms with Crippen molar-refractivity contribution < 1.29 is 14.3 Å². The molecule has 10 heteroatoms. The quantitative estimate of drug-likeness (QED) is 0.539. The maximum absolute atomic E-state index is 13.8. The van der Waals surface area contributed by atoms with Crippen LogP contribution in [0.4, 0.5) is 0 Å². The van der Waals surface area contributed by atoms with Gasteiger partial charge in [-0.2, -0.15) is 5.26 Å². The Bertz CT molecular complexity index is 1460. The SMILES string of the molecule is CCOC(=O)C1=C2CSc3nc(-c4ccncc4)ccc3C(=O)N2C(N)=C(C#N)C1c1cccnc1. The first kappa shape index (κ1) is 23.3. The number of nitriles is 1. The highest BCUT2D eigenvalue weighted by Crippen LogP contribution is 2.44. The lowest BCUT2D eigenvalue weighted by Gasteiger charge is -2.34. The lowest BCUT2D eigenvalue weighted by molar-refractivity contribution is -0.138. The number of aromatic nitrogens is 3. The van der Waals surface area contributed by atoms with Crippen LogP contribution in [0.1, 0.15) is 28.8 Å². The van der Waals surface area contributed by atoms with E-state index in [2.05, 4.69) is 16.0 Å². The van der Waals surface area contributed by atoms with Gasteiger partial charge in [0.2, 0.25) is 0 Å². The summed E-state index contributed by atoms with van der Waals surface area (Å²) in [5, 5.41) is 10.6. The van der Waals surface area contributed by atoms with Crippen LogP contribution in [0.5, 0.6) is 0 Å². The predicted octanol–water partition coefficient (Wildman–Crippen LogP) is 3.39. The third-order valence-corrected chi connectivity index (χ3v) is 6.93. The van der Waals surface area contributed by atoms with Crippen LogP contribution in [0, 0.1) is 11.3 Å². The van der Waals surface area contributed by atoms with Gasteiger partial charge in [-0.1, -0.05) is 17.8 Å². The molecule has 0 aromatic carbocycles. The van der Waals surface area contributed by atoms with Crippen LogP contribution >= 0.6 is 11.8 Å². The molecule has 1 atom stereocenters. The number of carbonyl (C=O) groups is 2. The van der Waals surface area contributed by atoms with Gasteiger partial charge in [0.05, 0.1) is 41.0 Å². The Kier molecular flexibility index (Phi) is 6.23. The molecule has 5 rings (SSSR count). The molecule has 36 heavy (non-hydrogen) atoms. The monoisotopic (exact) mass is 496 g/mol. The van der Waals surface area contributed by atoms with Gasteiger partial charge >= 0.3 is 5.97 Å². The molecule has 0 fully saturated rings. The summed E-state index contributed by atoms with van der Waals surface area (Å²) in [5.41, 5.74) is 9.59. The van der Waals surface area contributed by atoms with Crippen LogP contribution in [0.25, 0.3) is 11.3 Å². The summed E-state index contributed by atoms with van der Waals surface area (Å²) in [7, 11) is 0. The first-order chi connectivity index (χ1) is 17.5. The summed E-state index contributed by atoms with van der Waals surface area (Å²) in [6, 6.07) is 12.7. The summed E-state index contributed by atoms with van der Waals surface area (Å²) >= 11 is 1.32. The van der Waals surface area contributed by atoms with Crippen molar-refractivity contribution in [2.75, 3.05) is 12.4 Å². The van der Waals surface area contributed by atoms with Crippen LogP contribution in [0.15, 0.2) is 88.9 Å². The number of hydrogen-bond donors (Lipinski definition) is 1. The number of nitrogens with two attached hydrogens (primary N) is 1. The molecule has 3 aromatic heterocycles. The Morgan fingerprint density at radius 3 is 2.72 bits per heavy atom. The lowest BCUT2D eigenvalue weighted by atomic mass is 9.81. The number of fused-ring (bicyclic) bond motifs is 2. The molecule has 0 bridgehead atoms. The molecule has 178 valence electrons. The number of ether oxygens (including phenoxy) is 1. The summed E-state index contributed by atoms with van der Waals surface area (Å²) in [6.07, 6.45) is 6.52. The highest BCUT2D eigenvalue weighted by molar-refractivity contribution is 7.99. The second kappa shape index (κ2) is 9.64. The maximum atomic E-state index is 13.8. The number of rotatable bonds is 4. The van der Waals surface area contributed by atoms with Crippen LogP contribution in [0.2, 0.25) is 0 Å². The molecule has 2 aliphatic heterocycles. The molecule has 0 saturated heterocycles. The van der Waals surface area contributed by atoms with Crippen molar-refractivity contribution in [1.82, 2.24) is 19.9 Å². The fourth-order valence-corrected chi connectivity index (χ4v) is 5.35. The van der Waals surface area contributed by atoms with Gasteiger partial charge in [-0.3, -0.25) is 19.7 Å². The molecule has 1 amide bonds. The van der Waals surface area contributed by atoms with E-state index >= 15 is 0 Å². The van der Waals surface area contributed by atoms with Gasteiger partial charge in [-0.15, -0.1) is 0 Å². The molecule has 2 N–H and O–H groups in total. The van der Waals surface area contributed by atoms with Crippen molar-refractivity contribution in [3.8, 4) is 17.3 Å². The number of hydrogen-bond acceptors (Lipinski definition) is 9. The van der Waals surface area contributed by atoms with E-state index in [0.29, 0.717) is 27.5 Å². The van der Waals surface area contributed by atoms with Crippen molar-refractivity contribution in [1.29, 1.82) is 5.26 Å². The van der Waals surface area contributed by atoms with E-state index in [9.17, 15) is 14.9 Å². The van der Waals surface area contributed by atoms with E-state index in [0.717, 1.165) is 5.56 Å². The molecule has 0 radical (unpaired) electrons. The average molecular weight is 497 g/mol. The second-order valence-corrected chi connectivity index (χ2v) is 8.89. The van der Waals surface area contributed by atoms with Crippen molar-refractivity contribution in [3.63, 3.8) is 0 Å². The van der Waals surface area contributed by atoms with E-state index < -0.39 is 17.8 Å². The van der Waals surface area contributed by atoms with Gasteiger partial charge in [-0.05, 0) is 42.8 Å². The minimum absolute atomic E-state index is 0.0222. The molecular weight excluding hydrogens is 476 g/mol. The number of thioether (sulfide) groups is 1. The van der Waals surface area contributed by atoms with E-state index in [1.165, 1.54) is 16.7 Å². The average Bonchev–Trinajstić information content (AvgIpc) is 3.06. The van der Waals surface area contributed by atoms with Gasteiger partial charge in [-0.25, -0.2) is 9.78 Å². The van der Waals surface area contributed by atoms with E-state index in [4.69, 9.17) is 15.5 Å². The summed E-state index contributed by atoms with van der Waals surface area (Å²) in [6.45, 7) is 1.83. The third kappa shape index (κ3) is 3.89. The molecular formula is C26H20N6O3S. The highest BCUT2D eigenvalue weighted by atomic mass is 32.2. The van der Waals surface area contributed by atoms with Crippen molar-refractivity contribution >= 4 is 23.6 Å². The molecule has 5 heterocycles. The van der Waals surface area contributed by atoms with Crippen LogP contribution in [-0.4, -0.2) is 44.1 Å². The Morgan fingerprint density at radius 2 is 2.03 bits per heavy atom. The first-order valence-electron chi connectivity index (χ1n) is 11.1. The second-order valence-electron chi connectivity index (χ2n) is 7.93. The third-order valence-electron chi connectivity index (χ3n) is 5.92. The minimum Gasteiger partial charge on any atom is -0.463 e. The normalized spacial score (nSPS) is 17.2. The Balaban J connectivity index is 1.69. The van der Waals surface area contributed by atoms with Gasteiger partial charge in [0.15, 0.2) is 0 Å². The minimum atomic E-state index is -0.816. The maximum Gasteiger partial charge on any atom is 0.336 e. The number of allylic oxidation sites excluding steroid dienone is 1. The topological polar surface area (TPSA) is 135 Å².